The fourth-order valence-corrected chi connectivity index (χ4v) is 3.41. The second-order valence-electron chi connectivity index (χ2n) is 7.14. The minimum atomic E-state index is -4.53. The van der Waals surface area contributed by atoms with Crippen LogP contribution in [0.3, 0.4) is 0 Å². The van der Waals surface area contributed by atoms with Crippen LogP contribution < -0.4 is 10.6 Å². The Morgan fingerprint density at radius 2 is 2.04 bits per heavy atom. The van der Waals surface area contributed by atoms with Gasteiger partial charge in [0.1, 0.15) is 10.8 Å². The molecule has 1 aliphatic rings. The van der Waals surface area contributed by atoms with E-state index in [4.69, 9.17) is 11.6 Å². The number of aryl methyl sites for hydroxylation is 1. The molecule has 0 bridgehead atoms. The van der Waals surface area contributed by atoms with Gasteiger partial charge in [0.15, 0.2) is 11.7 Å². The number of benzene rings is 1. The van der Waals surface area contributed by atoms with E-state index in [0.717, 1.165) is 10.2 Å². The maximum absolute atomic E-state index is 13.7. The number of amides is 1. The summed E-state index contributed by atoms with van der Waals surface area (Å²) in [5.74, 6) is -0.578. The number of alkyl halides is 3. The van der Waals surface area contributed by atoms with Crippen molar-refractivity contribution in [3.05, 3.63) is 46.1 Å². The second kappa shape index (κ2) is 7.66. The van der Waals surface area contributed by atoms with Gasteiger partial charge in [0.05, 0.1) is 6.04 Å². The highest BCUT2D eigenvalue weighted by atomic mass is 35.5. The molecule has 0 fully saturated rings. The van der Waals surface area contributed by atoms with Crippen molar-refractivity contribution in [3.63, 3.8) is 0 Å². The zero-order valence-corrected chi connectivity index (χ0v) is 16.5. The number of rotatable bonds is 4. The number of halogens is 4. The largest absolute Gasteiger partial charge is 0.410 e. The summed E-state index contributed by atoms with van der Waals surface area (Å²) in [6.07, 6.45) is -4.10. The molecule has 2 N–H and O–H groups in total. The lowest BCUT2D eigenvalue weighted by atomic mass is 9.96. The van der Waals surface area contributed by atoms with E-state index in [2.05, 4.69) is 15.7 Å². The average Bonchev–Trinajstić information content (AvgIpc) is 2.97. The Labute approximate surface area is 166 Å². The number of carbonyl (C=O) groups is 1. The molecule has 1 aromatic carbocycles. The Morgan fingerprint density at radius 1 is 1.39 bits per heavy atom. The van der Waals surface area contributed by atoms with Crippen molar-refractivity contribution in [1.29, 1.82) is 0 Å². The highest BCUT2D eigenvalue weighted by Gasteiger charge is 2.47. The SMILES string of the molecule is CCC(C)NC(=O)c1nn2c(c1Cl)NC(c1ccc(C)cc1)CC2C(F)(F)F. The molecule has 1 amide bonds. The van der Waals surface area contributed by atoms with Gasteiger partial charge in [-0.25, -0.2) is 4.68 Å². The first-order chi connectivity index (χ1) is 13.1. The van der Waals surface area contributed by atoms with E-state index in [-0.39, 0.29) is 29.0 Å². The van der Waals surface area contributed by atoms with Gasteiger partial charge in [-0.1, -0.05) is 48.4 Å². The summed E-state index contributed by atoms with van der Waals surface area (Å²) < 4.78 is 42.0. The third-order valence-corrected chi connectivity index (χ3v) is 5.34. The van der Waals surface area contributed by atoms with E-state index < -0.39 is 24.2 Å². The smallest absolute Gasteiger partial charge is 0.362 e. The van der Waals surface area contributed by atoms with E-state index in [1.54, 1.807) is 19.1 Å². The third kappa shape index (κ3) is 3.97. The van der Waals surface area contributed by atoms with Crippen molar-refractivity contribution in [1.82, 2.24) is 15.1 Å². The number of nitrogens with zero attached hydrogens (tertiary/aromatic N) is 2. The zero-order chi connectivity index (χ0) is 20.6. The summed E-state index contributed by atoms with van der Waals surface area (Å²) in [5, 5.41) is 9.54. The first-order valence-electron chi connectivity index (χ1n) is 9.10. The molecule has 2 heterocycles. The Balaban J connectivity index is 2.00. The first-order valence-corrected chi connectivity index (χ1v) is 9.48. The normalized spacial score (nSPS) is 20.2. The quantitative estimate of drug-likeness (QED) is 0.737. The van der Waals surface area contributed by atoms with Crippen LogP contribution >= 0.6 is 11.6 Å². The molecule has 5 nitrogen and oxygen atoms in total. The van der Waals surface area contributed by atoms with E-state index in [9.17, 15) is 18.0 Å². The summed E-state index contributed by atoms with van der Waals surface area (Å²) in [5.41, 5.74) is 1.52. The maximum atomic E-state index is 13.7. The van der Waals surface area contributed by atoms with Crippen molar-refractivity contribution in [2.75, 3.05) is 5.32 Å². The lowest BCUT2D eigenvalue weighted by Crippen LogP contribution is -2.36. The van der Waals surface area contributed by atoms with Gasteiger partial charge < -0.3 is 10.6 Å². The maximum Gasteiger partial charge on any atom is 0.410 e. The third-order valence-electron chi connectivity index (χ3n) is 4.98. The number of carbonyl (C=O) groups excluding carboxylic acids is 1. The molecule has 0 saturated heterocycles. The van der Waals surface area contributed by atoms with Crippen LogP contribution in [-0.2, 0) is 0 Å². The van der Waals surface area contributed by atoms with Gasteiger partial charge in [-0.2, -0.15) is 18.3 Å². The van der Waals surface area contributed by atoms with Crippen molar-refractivity contribution in [3.8, 4) is 0 Å². The van der Waals surface area contributed by atoms with Gasteiger partial charge in [0.2, 0.25) is 0 Å². The summed E-state index contributed by atoms with van der Waals surface area (Å²) >= 11 is 6.28. The summed E-state index contributed by atoms with van der Waals surface area (Å²) in [4.78, 5) is 12.4. The topological polar surface area (TPSA) is 59.0 Å². The number of hydrogen-bond acceptors (Lipinski definition) is 3. The molecule has 2 aromatic rings. The fourth-order valence-electron chi connectivity index (χ4n) is 3.15. The number of hydrogen-bond donors (Lipinski definition) is 2. The number of anilines is 1. The molecule has 0 spiro atoms. The minimum Gasteiger partial charge on any atom is -0.362 e. The molecule has 3 rings (SSSR count). The molecular formula is C19H22ClF3N4O. The molecule has 3 atom stereocenters. The second-order valence-corrected chi connectivity index (χ2v) is 7.52. The van der Waals surface area contributed by atoms with Gasteiger partial charge in [-0.15, -0.1) is 0 Å². The molecule has 0 saturated carbocycles. The van der Waals surface area contributed by atoms with E-state index in [0.29, 0.717) is 12.0 Å². The standard InChI is InChI=1S/C19H22ClF3N4O/c1-4-11(3)24-18(28)16-15(20)17-25-13(12-7-5-10(2)6-8-12)9-14(19(21,22)23)27(17)26-16/h5-8,11,13-14,25H,4,9H2,1-3H3,(H,24,28). The van der Waals surface area contributed by atoms with Gasteiger partial charge in [-0.05, 0) is 25.8 Å². The highest BCUT2D eigenvalue weighted by molar-refractivity contribution is 6.36. The average molecular weight is 415 g/mol. The summed E-state index contributed by atoms with van der Waals surface area (Å²) in [6.45, 7) is 5.59. The van der Waals surface area contributed by atoms with Gasteiger partial charge in [0, 0.05) is 12.5 Å². The van der Waals surface area contributed by atoms with E-state index in [1.807, 2.05) is 26.0 Å². The Hall–Kier alpha value is -2.22. The molecule has 0 radical (unpaired) electrons. The summed E-state index contributed by atoms with van der Waals surface area (Å²) in [7, 11) is 0. The van der Waals surface area contributed by atoms with E-state index in [1.165, 1.54) is 0 Å². The molecule has 9 heteroatoms. The molecule has 28 heavy (non-hydrogen) atoms. The van der Waals surface area contributed by atoms with Gasteiger partial charge >= 0.3 is 6.18 Å². The lowest BCUT2D eigenvalue weighted by Gasteiger charge is -2.33. The van der Waals surface area contributed by atoms with Crippen LogP contribution in [0.2, 0.25) is 5.02 Å². The van der Waals surface area contributed by atoms with Gasteiger partial charge in [0.25, 0.3) is 5.91 Å². The first kappa shape index (κ1) is 20.5. The molecule has 152 valence electrons. The highest BCUT2D eigenvalue weighted by Crippen LogP contribution is 2.46. The number of fused-ring (bicyclic) bond motifs is 1. The van der Waals surface area contributed by atoms with E-state index >= 15 is 0 Å². The van der Waals surface area contributed by atoms with Crippen LogP contribution in [0.5, 0.6) is 0 Å². The predicted molar refractivity (Wildman–Crippen MR) is 102 cm³/mol. The molecule has 3 unspecified atom stereocenters. The Kier molecular flexibility index (Phi) is 5.61. The van der Waals surface area contributed by atoms with Crippen LogP contribution in [0, 0.1) is 6.92 Å². The van der Waals surface area contributed by atoms with Crippen molar-refractivity contribution in [2.24, 2.45) is 0 Å². The number of nitrogens with one attached hydrogen (secondary N) is 2. The van der Waals surface area contributed by atoms with Crippen molar-refractivity contribution < 1.29 is 18.0 Å². The molecular weight excluding hydrogens is 393 g/mol. The van der Waals surface area contributed by atoms with Crippen LogP contribution in [-0.4, -0.2) is 27.9 Å². The number of aromatic nitrogens is 2. The minimum absolute atomic E-state index is 0.00937. The molecule has 0 aliphatic carbocycles. The van der Waals surface area contributed by atoms with Crippen molar-refractivity contribution >= 4 is 23.3 Å². The lowest BCUT2D eigenvalue weighted by molar-refractivity contribution is -0.173. The predicted octanol–water partition coefficient (Wildman–Crippen LogP) is 5.03. The fraction of sp³-hybridized carbons (Fsp3) is 0.474. The molecule has 1 aliphatic heterocycles. The molecule has 1 aromatic heterocycles. The Morgan fingerprint density at radius 3 is 2.61 bits per heavy atom. The zero-order valence-electron chi connectivity index (χ0n) is 15.8. The van der Waals surface area contributed by atoms with Gasteiger partial charge in [-0.3, -0.25) is 4.79 Å². The van der Waals surface area contributed by atoms with Crippen LogP contribution in [0.25, 0.3) is 0 Å². The van der Waals surface area contributed by atoms with Crippen molar-refractivity contribution in [2.45, 2.75) is 57.9 Å². The Bertz CT molecular complexity index is 863. The van der Waals surface area contributed by atoms with Crippen LogP contribution in [0.15, 0.2) is 24.3 Å². The summed E-state index contributed by atoms with van der Waals surface area (Å²) in [6, 6.07) is 4.65. The van der Waals surface area contributed by atoms with Crippen LogP contribution in [0.4, 0.5) is 19.0 Å². The monoisotopic (exact) mass is 414 g/mol. The van der Waals surface area contributed by atoms with Crippen LogP contribution in [0.1, 0.15) is 60.4 Å².